The molecule has 0 spiro atoms. The number of carbonyl (C=O) groups excluding carboxylic acids is 4. The topological polar surface area (TPSA) is 237 Å². The Kier molecular flexibility index (Phi) is 76.0. The van der Waals surface area contributed by atoms with Crippen molar-refractivity contribution < 1.29 is 80.2 Å². The van der Waals surface area contributed by atoms with E-state index < -0.39 is 97.5 Å². The third-order valence-corrected chi connectivity index (χ3v) is 22.1. The molecule has 0 aromatic heterocycles. The van der Waals surface area contributed by atoms with Gasteiger partial charge in [-0.25, -0.2) is 9.13 Å². The highest BCUT2D eigenvalue weighted by Crippen LogP contribution is 2.45. The van der Waals surface area contributed by atoms with Gasteiger partial charge in [0, 0.05) is 25.7 Å². The minimum Gasteiger partial charge on any atom is -0.462 e. The molecule has 0 saturated heterocycles. The Morgan fingerprint density at radius 2 is 0.438 bits per heavy atom. The van der Waals surface area contributed by atoms with Crippen molar-refractivity contribution in [2.45, 2.75) is 477 Å². The van der Waals surface area contributed by atoms with Crippen LogP contribution in [0.25, 0.3) is 0 Å². The summed E-state index contributed by atoms with van der Waals surface area (Å²) in [5.74, 6) is -0.504. The SMILES string of the molecule is CCCCCCCCCCCCCCCCCCCCCCCC(=O)O[C@H](COC(=O)CCCCCCCCCCCCCCCCCCC(C)C)COP(=O)(O)OC[C@@H](O)COP(=O)(O)OC[C@@H](COC(=O)CCCCCCCCCCC)OC(=O)CCCCCCCCCCCCCCCC(C)C. The van der Waals surface area contributed by atoms with E-state index in [-0.39, 0.29) is 25.7 Å². The summed E-state index contributed by atoms with van der Waals surface area (Å²) in [6.45, 7) is 9.70. The van der Waals surface area contributed by atoms with Gasteiger partial charge in [-0.2, -0.15) is 0 Å². The maximum Gasteiger partial charge on any atom is 0.472 e. The number of rotatable bonds is 85. The normalized spacial score (nSPS) is 13.8. The van der Waals surface area contributed by atoms with E-state index in [9.17, 15) is 43.2 Å². The Balaban J connectivity index is 5.21. The standard InChI is InChI=1S/C86H168O17P2/c1-7-9-11-13-15-17-18-19-20-21-22-23-24-25-30-35-40-46-52-58-64-70-85(90)103-82(75-97-84(89)69-63-57-51-45-39-34-29-27-26-28-32-37-43-48-54-60-66-78(3)4)77-101-105(94,95)99-73-80(87)72-98-104(92,93)100-76-81(74-96-83(88)68-62-56-50-42-16-14-12-10-8-2)102-86(91)71-65-59-53-47-41-36-31-33-38-44-49-55-61-67-79(5)6/h78-82,87H,7-77H2,1-6H3,(H,92,93)(H,94,95)/t80-,81+,82+/m0/s1. The van der Waals surface area contributed by atoms with Crippen molar-refractivity contribution in [2.24, 2.45) is 11.8 Å². The van der Waals surface area contributed by atoms with Gasteiger partial charge in [0.2, 0.25) is 0 Å². The molecule has 17 nitrogen and oxygen atoms in total. The van der Waals surface area contributed by atoms with Gasteiger partial charge in [0.15, 0.2) is 12.2 Å². The molecule has 2 unspecified atom stereocenters. The van der Waals surface area contributed by atoms with E-state index >= 15 is 0 Å². The third-order valence-electron chi connectivity index (χ3n) is 20.2. The lowest BCUT2D eigenvalue weighted by Gasteiger charge is -2.21. The number of carbonyl (C=O) groups is 4. The van der Waals surface area contributed by atoms with Gasteiger partial charge in [-0.1, -0.05) is 408 Å². The van der Waals surface area contributed by atoms with Crippen LogP contribution in [0.15, 0.2) is 0 Å². The smallest absolute Gasteiger partial charge is 0.462 e. The Hall–Kier alpha value is -1.94. The first-order valence-corrected chi connectivity index (χ1v) is 47.5. The van der Waals surface area contributed by atoms with Crippen molar-refractivity contribution >= 4 is 39.5 Å². The molecule has 0 fully saturated rings. The van der Waals surface area contributed by atoms with E-state index in [4.69, 9.17) is 37.0 Å². The number of ether oxygens (including phenoxy) is 4. The number of unbranched alkanes of at least 4 members (excludes halogenated alkanes) is 55. The molecule has 0 aromatic carbocycles. The molecular weight excluding hydrogens is 1370 g/mol. The Morgan fingerprint density at radius 1 is 0.257 bits per heavy atom. The lowest BCUT2D eigenvalue weighted by molar-refractivity contribution is -0.161. The summed E-state index contributed by atoms with van der Waals surface area (Å²) in [5.41, 5.74) is 0. The average molecular weight is 1540 g/mol. The summed E-state index contributed by atoms with van der Waals surface area (Å²) in [6, 6.07) is 0. The van der Waals surface area contributed by atoms with E-state index in [1.54, 1.807) is 0 Å². The third kappa shape index (κ3) is 79.9. The molecule has 0 rings (SSSR count). The first kappa shape index (κ1) is 103. The van der Waals surface area contributed by atoms with Crippen LogP contribution in [0.4, 0.5) is 0 Å². The Morgan fingerprint density at radius 3 is 0.648 bits per heavy atom. The average Bonchev–Trinajstić information content (AvgIpc) is 0.927. The van der Waals surface area contributed by atoms with Gasteiger partial charge in [-0.05, 0) is 37.5 Å². The molecule has 5 atom stereocenters. The van der Waals surface area contributed by atoms with Crippen molar-refractivity contribution in [2.75, 3.05) is 39.6 Å². The highest BCUT2D eigenvalue weighted by molar-refractivity contribution is 7.47. The summed E-state index contributed by atoms with van der Waals surface area (Å²) >= 11 is 0. The van der Waals surface area contributed by atoms with Crippen LogP contribution >= 0.6 is 15.6 Å². The van der Waals surface area contributed by atoms with Gasteiger partial charge >= 0.3 is 39.5 Å². The highest BCUT2D eigenvalue weighted by Gasteiger charge is 2.30. The van der Waals surface area contributed by atoms with Crippen LogP contribution in [0.3, 0.4) is 0 Å². The van der Waals surface area contributed by atoms with Crippen molar-refractivity contribution in [1.29, 1.82) is 0 Å². The molecule has 0 saturated carbocycles. The number of esters is 4. The van der Waals surface area contributed by atoms with Crippen molar-refractivity contribution in [1.82, 2.24) is 0 Å². The van der Waals surface area contributed by atoms with Gasteiger partial charge in [0.25, 0.3) is 0 Å². The molecule has 105 heavy (non-hydrogen) atoms. The molecule has 0 amide bonds. The van der Waals surface area contributed by atoms with E-state index in [1.165, 1.54) is 276 Å². The van der Waals surface area contributed by atoms with Crippen LogP contribution in [-0.4, -0.2) is 96.7 Å². The summed E-state index contributed by atoms with van der Waals surface area (Å²) in [6.07, 6.45) is 69.5. The molecule has 0 aliphatic heterocycles. The summed E-state index contributed by atoms with van der Waals surface area (Å²) in [4.78, 5) is 73.2. The minimum atomic E-state index is -4.97. The lowest BCUT2D eigenvalue weighted by atomic mass is 10.0. The molecular formula is C86H168O17P2. The second kappa shape index (κ2) is 77.4. The number of aliphatic hydroxyl groups excluding tert-OH is 1. The predicted molar refractivity (Wildman–Crippen MR) is 432 cm³/mol. The molecule has 0 aliphatic rings. The summed E-state index contributed by atoms with van der Waals surface area (Å²) in [7, 11) is -9.92. The second-order valence-electron chi connectivity index (χ2n) is 31.9. The number of hydrogen-bond donors (Lipinski definition) is 3. The van der Waals surface area contributed by atoms with Crippen LogP contribution in [0.5, 0.6) is 0 Å². The fourth-order valence-corrected chi connectivity index (χ4v) is 15.0. The number of aliphatic hydroxyl groups is 1. The molecule has 0 bridgehead atoms. The highest BCUT2D eigenvalue weighted by atomic mass is 31.2. The fourth-order valence-electron chi connectivity index (χ4n) is 13.4. The monoisotopic (exact) mass is 1540 g/mol. The van der Waals surface area contributed by atoms with E-state index in [0.29, 0.717) is 25.7 Å². The fraction of sp³-hybridized carbons (Fsp3) is 0.953. The quantitative estimate of drug-likeness (QED) is 0.0222. The summed E-state index contributed by atoms with van der Waals surface area (Å²) in [5, 5.41) is 10.7. The van der Waals surface area contributed by atoms with Crippen LogP contribution in [0.2, 0.25) is 0 Å². The zero-order valence-corrected chi connectivity index (χ0v) is 70.8. The zero-order chi connectivity index (χ0) is 77.1. The molecule has 19 heteroatoms. The van der Waals surface area contributed by atoms with Crippen molar-refractivity contribution in [3.05, 3.63) is 0 Å². The maximum atomic E-state index is 13.1. The minimum absolute atomic E-state index is 0.108. The second-order valence-corrected chi connectivity index (χ2v) is 34.8. The Bertz CT molecular complexity index is 2010. The van der Waals surface area contributed by atoms with Gasteiger partial charge in [-0.3, -0.25) is 37.3 Å². The Labute approximate surface area is 645 Å². The summed E-state index contributed by atoms with van der Waals surface area (Å²) < 4.78 is 68.8. The predicted octanol–water partition coefficient (Wildman–Crippen LogP) is 26.2. The molecule has 0 radical (unpaired) electrons. The van der Waals surface area contributed by atoms with Gasteiger partial charge in [0.05, 0.1) is 26.4 Å². The molecule has 624 valence electrons. The van der Waals surface area contributed by atoms with Crippen molar-refractivity contribution in [3.63, 3.8) is 0 Å². The van der Waals surface area contributed by atoms with Gasteiger partial charge in [0.1, 0.15) is 19.3 Å². The van der Waals surface area contributed by atoms with Crippen molar-refractivity contribution in [3.8, 4) is 0 Å². The lowest BCUT2D eigenvalue weighted by Crippen LogP contribution is -2.30. The maximum absolute atomic E-state index is 13.1. The van der Waals surface area contributed by atoms with E-state index in [0.717, 1.165) is 102 Å². The zero-order valence-electron chi connectivity index (χ0n) is 69.0. The number of hydrogen-bond acceptors (Lipinski definition) is 15. The van der Waals surface area contributed by atoms with Crippen LogP contribution < -0.4 is 0 Å². The number of phosphoric ester groups is 2. The number of phosphoric acid groups is 2. The van der Waals surface area contributed by atoms with Crippen LogP contribution in [-0.2, 0) is 65.4 Å². The molecule has 0 aliphatic carbocycles. The van der Waals surface area contributed by atoms with Gasteiger partial charge < -0.3 is 33.8 Å². The molecule has 0 aromatic rings. The van der Waals surface area contributed by atoms with Gasteiger partial charge in [-0.15, -0.1) is 0 Å². The largest absolute Gasteiger partial charge is 0.472 e. The molecule has 3 N–H and O–H groups in total. The van der Waals surface area contributed by atoms with E-state index in [2.05, 4.69) is 41.5 Å². The first-order chi connectivity index (χ1) is 50.9. The molecule has 0 heterocycles. The van der Waals surface area contributed by atoms with Crippen LogP contribution in [0.1, 0.15) is 459 Å². The van der Waals surface area contributed by atoms with E-state index in [1.807, 2.05) is 0 Å². The first-order valence-electron chi connectivity index (χ1n) is 44.5. The van der Waals surface area contributed by atoms with Crippen LogP contribution in [0, 0.1) is 11.8 Å².